The summed E-state index contributed by atoms with van der Waals surface area (Å²) in [6.07, 6.45) is 5.09. The van der Waals surface area contributed by atoms with Crippen molar-refractivity contribution < 1.29 is 9.59 Å². The van der Waals surface area contributed by atoms with Gasteiger partial charge in [-0.3, -0.25) is 9.59 Å². The lowest BCUT2D eigenvalue weighted by atomic mass is 9.87. The molecule has 0 bridgehead atoms. The van der Waals surface area contributed by atoms with E-state index < -0.39 is 0 Å². The van der Waals surface area contributed by atoms with Gasteiger partial charge in [-0.2, -0.15) is 0 Å². The van der Waals surface area contributed by atoms with E-state index in [1.54, 1.807) is 11.8 Å². The van der Waals surface area contributed by atoms with E-state index in [9.17, 15) is 9.59 Å². The van der Waals surface area contributed by atoms with Crippen LogP contribution in [0.4, 0.5) is 0 Å². The molecule has 1 saturated heterocycles. The van der Waals surface area contributed by atoms with Crippen LogP contribution in [-0.4, -0.2) is 29.8 Å². The summed E-state index contributed by atoms with van der Waals surface area (Å²) in [6.45, 7) is 2.83. The number of rotatable bonds is 3. The van der Waals surface area contributed by atoms with Gasteiger partial charge in [0.15, 0.2) is 0 Å². The first-order valence-corrected chi connectivity index (χ1v) is 8.24. The fourth-order valence-electron chi connectivity index (χ4n) is 3.82. The van der Waals surface area contributed by atoms with Crippen LogP contribution in [-0.2, 0) is 15.1 Å². The number of carbonyl (C=O) groups excluding carboxylic acids is 2. The molecule has 0 aromatic heterocycles. The summed E-state index contributed by atoms with van der Waals surface area (Å²) < 4.78 is 0. The van der Waals surface area contributed by atoms with Gasteiger partial charge in [0.2, 0.25) is 11.8 Å². The highest BCUT2D eigenvalue weighted by Crippen LogP contribution is 2.39. The number of nitrogens with one attached hydrogen (secondary N) is 1. The maximum absolute atomic E-state index is 12.7. The third-order valence-corrected chi connectivity index (χ3v) is 5.15. The van der Waals surface area contributed by atoms with Crippen LogP contribution in [0.15, 0.2) is 30.3 Å². The van der Waals surface area contributed by atoms with Crippen LogP contribution >= 0.6 is 0 Å². The predicted molar refractivity (Wildman–Crippen MR) is 85.1 cm³/mol. The van der Waals surface area contributed by atoms with Gasteiger partial charge in [-0.15, -0.1) is 0 Å². The second-order valence-corrected chi connectivity index (χ2v) is 6.60. The summed E-state index contributed by atoms with van der Waals surface area (Å²) in [5.41, 5.74) is 1.00. The molecule has 1 saturated carbocycles. The van der Waals surface area contributed by atoms with Gasteiger partial charge in [-0.1, -0.05) is 43.2 Å². The van der Waals surface area contributed by atoms with E-state index in [2.05, 4.69) is 17.4 Å². The van der Waals surface area contributed by atoms with Crippen LogP contribution in [0.3, 0.4) is 0 Å². The average molecular weight is 300 g/mol. The summed E-state index contributed by atoms with van der Waals surface area (Å²) in [6, 6.07) is 10.3. The Bertz CT molecular complexity index is 549. The van der Waals surface area contributed by atoms with Crippen LogP contribution in [0.1, 0.15) is 44.6 Å². The molecule has 1 aromatic carbocycles. The van der Waals surface area contributed by atoms with E-state index in [0.717, 1.165) is 32.1 Å². The van der Waals surface area contributed by atoms with Gasteiger partial charge in [0.25, 0.3) is 0 Å². The van der Waals surface area contributed by atoms with Gasteiger partial charge in [0, 0.05) is 20.0 Å². The fourth-order valence-corrected chi connectivity index (χ4v) is 3.82. The van der Waals surface area contributed by atoms with Crippen molar-refractivity contribution in [3.05, 3.63) is 35.9 Å². The molecule has 4 nitrogen and oxygen atoms in total. The van der Waals surface area contributed by atoms with Crippen molar-refractivity contribution >= 4 is 11.8 Å². The molecule has 2 aliphatic rings. The highest BCUT2D eigenvalue weighted by molar-refractivity contribution is 5.82. The zero-order valence-corrected chi connectivity index (χ0v) is 13.2. The van der Waals surface area contributed by atoms with Crippen LogP contribution in [0.5, 0.6) is 0 Å². The van der Waals surface area contributed by atoms with E-state index >= 15 is 0 Å². The summed E-state index contributed by atoms with van der Waals surface area (Å²) in [4.78, 5) is 25.9. The third kappa shape index (κ3) is 2.87. The molecule has 0 spiro atoms. The number of amides is 2. The number of likely N-dealkylation sites (tertiary alicyclic amines) is 1. The molecule has 1 aliphatic carbocycles. The van der Waals surface area contributed by atoms with E-state index in [1.165, 1.54) is 5.56 Å². The molecule has 1 N–H and O–H groups in total. The zero-order chi connectivity index (χ0) is 15.6. The highest BCUT2D eigenvalue weighted by atomic mass is 16.2. The second kappa shape index (κ2) is 6.11. The minimum atomic E-state index is -0.206. The Balaban J connectivity index is 1.72. The molecule has 1 heterocycles. The number of benzene rings is 1. The Kier molecular flexibility index (Phi) is 4.19. The Labute approximate surface area is 131 Å². The van der Waals surface area contributed by atoms with Crippen molar-refractivity contribution in [3.8, 4) is 0 Å². The van der Waals surface area contributed by atoms with Gasteiger partial charge in [-0.25, -0.2) is 0 Å². The monoisotopic (exact) mass is 300 g/mol. The fraction of sp³-hybridized carbons (Fsp3) is 0.556. The van der Waals surface area contributed by atoms with Crippen molar-refractivity contribution in [2.24, 2.45) is 5.92 Å². The Morgan fingerprint density at radius 1 is 1.18 bits per heavy atom. The summed E-state index contributed by atoms with van der Waals surface area (Å²) >= 11 is 0. The first kappa shape index (κ1) is 15.1. The van der Waals surface area contributed by atoms with E-state index in [0.29, 0.717) is 13.1 Å². The molecule has 1 aliphatic heterocycles. The molecule has 22 heavy (non-hydrogen) atoms. The summed E-state index contributed by atoms with van der Waals surface area (Å²) in [5, 5.41) is 3.33. The minimum Gasteiger partial charge on any atom is -0.346 e. The molecule has 0 unspecified atom stereocenters. The largest absolute Gasteiger partial charge is 0.346 e. The number of hydrogen-bond acceptors (Lipinski definition) is 2. The Morgan fingerprint density at radius 2 is 1.86 bits per heavy atom. The predicted octanol–water partition coefficient (Wildman–Crippen LogP) is 2.44. The molecule has 4 heteroatoms. The average Bonchev–Trinajstić information content (AvgIpc) is 3.18. The van der Waals surface area contributed by atoms with Crippen LogP contribution in [0.25, 0.3) is 0 Å². The maximum atomic E-state index is 12.7. The molecule has 0 radical (unpaired) electrons. The van der Waals surface area contributed by atoms with Crippen molar-refractivity contribution in [2.75, 3.05) is 13.1 Å². The first-order valence-electron chi connectivity index (χ1n) is 8.24. The third-order valence-electron chi connectivity index (χ3n) is 5.15. The van der Waals surface area contributed by atoms with E-state index in [-0.39, 0.29) is 23.3 Å². The SMILES string of the molecule is CC(=O)N1CC[C@H](C(=O)NC2(c3ccccc3)CCCC2)C1. The highest BCUT2D eigenvalue weighted by Gasteiger charge is 2.39. The molecular weight excluding hydrogens is 276 g/mol. The first-order chi connectivity index (χ1) is 10.6. The topological polar surface area (TPSA) is 49.4 Å². The van der Waals surface area contributed by atoms with Crippen LogP contribution < -0.4 is 5.32 Å². The van der Waals surface area contributed by atoms with E-state index in [4.69, 9.17) is 0 Å². The summed E-state index contributed by atoms with van der Waals surface area (Å²) in [5.74, 6) is 0.105. The Morgan fingerprint density at radius 3 is 2.45 bits per heavy atom. The molecule has 2 amide bonds. The molecule has 1 aromatic rings. The molecule has 2 fully saturated rings. The molecule has 118 valence electrons. The van der Waals surface area contributed by atoms with Crippen molar-refractivity contribution in [3.63, 3.8) is 0 Å². The van der Waals surface area contributed by atoms with Crippen molar-refractivity contribution in [1.82, 2.24) is 10.2 Å². The van der Waals surface area contributed by atoms with Gasteiger partial charge < -0.3 is 10.2 Å². The number of hydrogen-bond donors (Lipinski definition) is 1. The smallest absolute Gasteiger partial charge is 0.225 e. The van der Waals surface area contributed by atoms with Gasteiger partial charge in [0.05, 0.1) is 11.5 Å². The van der Waals surface area contributed by atoms with Gasteiger partial charge in [-0.05, 0) is 24.8 Å². The van der Waals surface area contributed by atoms with Gasteiger partial charge >= 0.3 is 0 Å². The molecular formula is C18H24N2O2. The van der Waals surface area contributed by atoms with Crippen molar-refractivity contribution in [1.29, 1.82) is 0 Å². The summed E-state index contributed by atoms with van der Waals surface area (Å²) in [7, 11) is 0. The van der Waals surface area contributed by atoms with E-state index in [1.807, 2.05) is 18.2 Å². The lowest BCUT2D eigenvalue weighted by Gasteiger charge is -2.32. The maximum Gasteiger partial charge on any atom is 0.225 e. The van der Waals surface area contributed by atoms with Gasteiger partial charge in [0.1, 0.15) is 0 Å². The Hall–Kier alpha value is -1.84. The number of carbonyl (C=O) groups is 2. The molecule has 1 atom stereocenters. The lowest BCUT2D eigenvalue weighted by molar-refractivity contribution is -0.129. The second-order valence-electron chi connectivity index (χ2n) is 6.60. The quantitative estimate of drug-likeness (QED) is 0.932. The van der Waals surface area contributed by atoms with Crippen LogP contribution in [0, 0.1) is 5.92 Å². The zero-order valence-electron chi connectivity index (χ0n) is 13.2. The minimum absolute atomic E-state index is 0.0638. The lowest BCUT2D eigenvalue weighted by Crippen LogP contribution is -2.47. The molecule has 3 rings (SSSR count). The normalized spacial score (nSPS) is 23.5. The standard InChI is InChI=1S/C18H24N2O2/c1-14(21)20-12-9-15(13-20)17(22)19-18(10-5-6-11-18)16-7-3-2-4-8-16/h2-4,7-8,15H,5-6,9-13H2,1H3,(H,19,22)/t15-/m0/s1. The number of nitrogens with zero attached hydrogens (tertiary/aromatic N) is 1. The van der Waals surface area contributed by atoms with Crippen LogP contribution in [0.2, 0.25) is 0 Å². The van der Waals surface area contributed by atoms with Crippen molar-refractivity contribution in [2.45, 2.75) is 44.6 Å².